The van der Waals surface area contributed by atoms with Gasteiger partial charge in [-0.05, 0) is 36.8 Å². The average Bonchev–Trinajstić information content (AvgIpc) is 2.72. The van der Waals surface area contributed by atoms with Crippen molar-refractivity contribution in [3.63, 3.8) is 0 Å². The van der Waals surface area contributed by atoms with E-state index in [1.54, 1.807) is 69.7 Å². The molecule has 3 aromatic rings. The van der Waals surface area contributed by atoms with Gasteiger partial charge in [-0.25, -0.2) is 4.79 Å². The smallest absolute Gasteiger partial charge is 0.343 e. The maximum atomic E-state index is 12.8. The third kappa shape index (κ3) is 4.81. The second-order valence-corrected chi connectivity index (χ2v) is 6.75. The molecule has 1 heterocycles. The van der Waals surface area contributed by atoms with Crippen LogP contribution in [0.15, 0.2) is 63.8 Å². The minimum absolute atomic E-state index is 0.0339. The Kier molecular flexibility index (Phi) is 6.41. The summed E-state index contributed by atoms with van der Waals surface area (Å²) in [6.07, 6.45) is -0.0785. The first-order valence-electron chi connectivity index (χ1n) is 9.32. The fourth-order valence-corrected chi connectivity index (χ4v) is 3.25. The van der Waals surface area contributed by atoms with Gasteiger partial charge in [-0.15, -0.1) is 0 Å². The SMILES string of the molecule is COc1ccc(C(CC(=O)Nc2cccc(OC)c2)c2c(O)cc(C)oc2=O)cc1. The van der Waals surface area contributed by atoms with Crippen LogP contribution in [0.1, 0.15) is 29.2 Å². The first-order valence-corrected chi connectivity index (χ1v) is 9.32. The van der Waals surface area contributed by atoms with Gasteiger partial charge in [-0.2, -0.15) is 0 Å². The van der Waals surface area contributed by atoms with E-state index in [-0.39, 0.29) is 29.4 Å². The van der Waals surface area contributed by atoms with Gasteiger partial charge in [0.25, 0.3) is 0 Å². The zero-order valence-electron chi connectivity index (χ0n) is 17.0. The molecule has 0 aliphatic carbocycles. The number of methoxy groups -OCH3 is 2. The molecule has 0 aliphatic rings. The summed E-state index contributed by atoms with van der Waals surface area (Å²) >= 11 is 0. The second-order valence-electron chi connectivity index (χ2n) is 6.75. The van der Waals surface area contributed by atoms with Crippen LogP contribution in [0, 0.1) is 6.92 Å². The number of carbonyl (C=O) groups excluding carboxylic acids is 1. The minimum atomic E-state index is -0.710. The lowest BCUT2D eigenvalue weighted by Gasteiger charge is -2.18. The molecule has 1 atom stereocenters. The summed E-state index contributed by atoms with van der Waals surface area (Å²) in [5, 5.41) is 13.2. The normalized spacial score (nSPS) is 11.6. The monoisotopic (exact) mass is 409 g/mol. The number of anilines is 1. The van der Waals surface area contributed by atoms with Crippen molar-refractivity contribution in [2.75, 3.05) is 19.5 Å². The summed E-state index contributed by atoms with van der Waals surface area (Å²) in [6.45, 7) is 1.57. The van der Waals surface area contributed by atoms with Gasteiger partial charge in [0.2, 0.25) is 5.91 Å². The highest BCUT2D eigenvalue weighted by atomic mass is 16.5. The number of aryl methyl sites for hydroxylation is 1. The molecule has 0 radical (unpaired) electrons. The topological polar surface area (TPSA) is 98.0 Å². The summed E-state index contributed by atoms with van der Waals surface area (Å²) < 4.78 is 15.5. The molecule has 0 aliphatic heterocycles. The predicted molar refractivity (Wildman–Crippen MR) is 112 cm³/mol. The summed E-state index contributed by atoms with van der Waals surface area (Å²) in [7, 11) is 3.09. The third-order valence-electron chi connectivity index (χ3n) is 4.70. The van der Waals surface area contributed by atoms with Gasteiger partial charge in [0, 0.05) is 30.2 Å². The molecule has 0 bridgehead atoms. The van der Waals surface area contributed by atoms with Crippen molar-refractivity contribution in [2.45, 2.75) is 19.3 Å². The molecule has 7 nitrogen and oxygen atoms in total. The molecule has 30 heavy (non-hydrogen) atoms. The molecule has 0 spiro atoms. The van der Waals surface area contributed by atoms with Crippen LogP contribution in [0.25, 0.3) is 0 Å². The Hall–Kier alpha value is -3.74. The molecule has 1 amide bonds. The van der Waals surface area contributed by atoms with Crippen LogP contribution in [0.4, 0.5) is 5.69 Å². The van der Waals surface area contributed by atoms with Crippen molar-refractivity contribution < 1.29 is 23.8 Å². The van der Waals surface area contributed by atoms with Gasteiger partial charge in [-0.1, -0.05) is 18.2 Å². The van der Waals surface area contributed by atoms with Crippen LogP contribution < -0.4 is 20.4 Å². The van der Waals surface area contributed by atoms with Gasteiger partial charge in [-0.3, -0.25) is 4.79 Å². The standard InChI is InChI=1S/C23H23NO6/c1-14-11-20(25)22(23(27)30-14)19(15-7-9-17(28-2)10-8-15)13-21(26)24-16-5-4-6-18(12-16)29-3/h4-12,19,25H,13H2,1-3H3,(H,24,26). The molecule has 0 saturated heterocycles. The number of hydrogen-bond acceptors (Lipinski definition) is 6. The molecular weight excluding hydrogens is 386 g/mol. The van der Waals surface area contributed by atoms with Crippen molar-refractivity contribution in [3.05, 3.63) is 81.9 Å². The quantitative estimate of drug-likeness (QED) is 0.615. The zero-order valence-corrected chi connectivity index (χ0v) is 17.0. The molecule has 2 N–H and O–H groups in total. The van der Waals surface area contributed by atoms with E-state index in [1.165, 1.54) is 6.07 Å². The maximum Gasteiger partial charge on any atom is 0.343 e. The molecule has 7 heteroatoms. The Labute approximate surface area is 173 Å². The number of carbonyl (C=O) groups is 1. The van der Waals surface area contributed by atoms with Crippen molar-refractivity contribution in [1.82, 2.24) is 0 Å². The van der Waals surface area contributed by atoms with Crippen LogP contribution >= 0.6 is 0 Å². The van der Waals surface area contributed by atoms with Crippen LogP contribution in [0.5, 0.6) is 17.2 Å². The lowest BCUT2D eigenvalue weighted by Crippen LogP contribution is -2.21. The lowest BCUT2D eigenvalue weighted by atomic mass is 9.88. The molecule has 0 fully saturated rings. The number of ether oxygens (including phenoxy) is 2. The van der Waals surface area contributed by atoms with E-state index in [0.717, 1.165) is 0 Å². The molecule has 0 saturated carbocycles. The van der Waals surface area contributed by atoms with Gasteiger partial charge >= 0.3 is 5.63 Å². The summed E-state index contributed by atoms with van der Waals surface area (Å²) in [5.74, 6) is 0.283. The highest BCUT2D eigenvalue weighted by Gasteiger charge is 2.26. The van der Waals surface area contributed by atoms with Crippen LogP contribution in [-0.4, -0.2) is 25.2 Å². The summed E-state index contributed by atoms with van der Waals surface area (Å²) in [5.41, 5.74) is 0.588. The second kappa shape index (κ2) is 9.17. The first kappa shape index (κ1) is 21.0. The van der Waals surface area contributed by atoms with Gasteiger partial charge in [0.05, 0.1) is 19.8 Å². The molecule has 1 aromatic heterocycles. The number of amides is 1. The Morgan fingerprint density at radius 1 is 1.07 bits per heavy atom. The van der Waals surface area contributed by atoms with E-state index in [4.69, 9.17) is 13.9 Å². The number of benzene rings is 2. The Balaban J connectivity index is 1.95. The average molecular weight is 409 g/mol. The molecule has 1 unspecified atom stereocenters. The fourth-order valence-electron chi connectivity index (χ4n) is 3.25. The third-order valence-corrected chi connectivity index (χ3v) is 4.70. The Morgan fingerprint density at radius 2 is 1.77 bits per heavy atom. The van der Waals surface area contributed by atoms with Crippen LogP contribution in [0.3, 0.4) is 0 Å². The van der Waals surface area contributed by atoms with Crippen molar-refractivity contribution in [1.29, 1.82) is 0 Å². The van der Waals surface area contributed by atoms with E-state index in [9.17, 15) is 14.7 Å². The van der Waals surface area contributed by atoms with Crippen LogP contribution in [-0.2, 0) is 4.79 Å². The molecular formula is C23H23NO6. The molecule has 156 valence electrons. The van der Waals surface area contributed by atoms with E-state index < -0.39 is 11.5 Å². The van der Waals surface area contributed by atoms with Crippen molar-refractivity contribution in [2.24, 2.45) is 0 Å². The first-order chi connectivity index (χ1) is 14.4. The largest absolute Gasteiger partial charge is 0.507 e. The minimum Gasteiger partial charge on any atom is -0.507 e. The highest BCUT2D eigenvalue weighted by molar-refractivity contribution is 5.91. The van der Waals surface area contributed by atoms with Gasteiger partial charge in [0.1, 0.15) is 23.0 Å². The lowest BCUT2D eigenvalue weighted by molar-refractivity contribution is -0.116. The van der Waals surface area contributed by atoms with Gasteiger partial charge < -0.3 is 24.3 Å². The van der Waals surface area contributed by atoms with Crippen molar-refractivity contribution in [3.8, 4) is 17.2 Å². The van der Waals surface area contributed by atoms with E-state index >= 15 is 0 Å². The Morgan fingerprint density at radius 3 is 2.40 bits per heavy atom. The summed E-state index contributed by atoms with van der Waals surface area (Å²) in [6, 6.07) is 15.3. The van der Waals surface area contributed by atoms with E-state index in [1.807, 2.05) is 0 Å². The zero-order chi connectivity index (χ0) is 21.7. The van der Waals surface area contributed by atoms with Crippen molar-refractivity contribution >= 4 is 11.6 Å². The number of hydrogen-bond donors (Lipinski definition) is 2. The Bertz CT molecular complexity index is 1090. The molecule has 2 aromatic carbocycles. The molecule has 3 rings (SSSR count). The van der Waals surface area contributed by atoms with E-state index in [2.05, 4.69) is 5.32 Å². The fraction of sp³-hybridized carbons (Fsp3) is 0.217. The highest BCUT2D eigenvalue weighted by Crippen LogP contribution is 2.33. The summed E-state index contributed by atoms with van der Waals surface area (Å²) in [4.78, 5) is 25.3. The van der Waals surface area contributed by atoms with Crippen LogP contribution in [0.2, 0.25) is 0 Å². The van der Waals surface area contributed by atoms with E-state index in [0.29, 0.717) is 22.7 Å². The predicted octanol–water partition coefficient (Wildman–Crippen LogP) is 3.83. The number of rotatable bonds is 7. The number of aromatic hydroxyl groups is 1. The van der Waals surface area contributed by atoms with Gasteiger partial charge in [0.15, 0.2) is 0 Å². The maximum absolute atomic E-state index is 12.8. The number of nitrogens with one attached hydrogen (secondary N) is 1.